The minimum absolute atomic E-state index is 0.0156. The molecule has 0 saturated carbocycles. The normalized spacial score (nSPS) is 10.8. The van der Waals surface area contributed by atoms with Gasteiger partial charge in [0, 0.05) is 43.3 Å². The molecule has 0 radical (unpaired) electrons. The molecule has 0 aliphatic carbocycles. The third-order valence-electron chi connectivity index (χ3n) is 4.53. The molecule has 2 heterocycles. The molecule has 2 aromatic carbocycles. The van der Waals surface area contributed by atoms with Crippen molar-refractivity contribution in [1.82, 2.24) is 24.5 Å². The largest absolute Gasteiger partial charge is 0.337 e. The zero-order valence-corrected chi connectivity index (χ0v) is 15.6. The second-order valence-electron chi connectivity index (χ2n) is 6.69. The van der Waals surface area contributed by atoms with Crippen molar-refractivity contribution >= 4 is 5.91 Å². The number of hydrogen-bond donors (Lipinski definition) is 0. The van der Waals surface area contributed by atoms with Gasteiger partial charge in [-0.1, -0.05) is 30.3 Å². The van der Waals surface area contributed by atoms with Crippen molar-refractivity contribution in [3.8, 4) is 5.69 Å². The van der Waals surface area contributed by atoms with Gasteiger partial charge < -0.3 is 4.90 Å². The zero-order valence-electron chi connectivity index (χ0n) is 15.6. The Labute approximate surface area is 163 Å². The van der Waals surface area contributed by atoms with E-state index in [9.17, 15) is 4.79 Å². The van der Waals surface area contributed by atoms with Gasteiger partial charge in [0.1, 0.15) is 0 Å². The Bertz CT molecular complexity index is 1040. The van der Waals surface area contributed by atoms with Crippen LogP contribution in [0.1, 0.15) is 21.5 Å². The van der Waals surface area contributed by atoms with Crippen molar-refractivity contribution in [3.63, 3.8) is 0 Å². The quantitative estimate of drug-likeness (QED) is 0.522. The van der Waals surface area contributed by atoms with Gasteiger partial charge >= 0.3 is 0 Å². The summed E-state index contributed by atoms with van der Waals surface area (Å²) in [6.07, 6.45) is 7.42. The van der Waals surface area contributed by atoms with Crippen LogP contribution in [0.4, 0.5) is 0 Å². The maximum Gasteiger partial charge on any atom is 0.253 e. The van der Waals surface area contributed by atoms with E-state index < -0.39 is 0 Å². The van der Waals surface area contributed by atoms with Gasteiger partial charge in [-0.25, -0.2) is 4.68 Å². The minimum atomic E-state index is -0.0156. The van der Waals surface area contributed by atoms with Crippen LogP contribution >= 0.6 is 0 Å². The van der Waals surface area contributed by atoms with Crippen LogP contribution < -0.4 is 0 Å². The van der Waals surface area contributed by atoms with Crippen LogP contribution in [0.15, 0.2) is 85.5 Å². The number of amides is 1. The van der Waals surface area contributed by atoms with Crippen LogP contribution in [0.5, 0.6) is 0 Å². The maximum absolute atomic E-state index is 12.7. The van der Waals surface area contributed by atoms with E-state index in [-0.39, 0.29) is 5.91 Å². The second kappa shape index (κ2) is 7.92. The van der Waals surface area contributed by atoms with Crippen molar-refractivity contribution in [2.24, 2.45) is 0 Å². The van der Waals surface area contributed by atoms with Gasteiger partial charge in [-0.3, -0.25) is 9.48 Å². The molecule has 1 amide bonds. The Morgan fingerprint density at radius 3 is 2.46 bits per heavy atom. The first-order chi connectivity index (χ1) is 13.7. The van der Waals surface area contributed by atoms with Crippen molar-refractivity contribution in [1.29, 1.82) is 0 Å². The highest BCUT2D eigenvalue weighted by Gasteiger charge is 2.13. The van der Waals surface area contributed by atoms with E-state index in [1.807, 2.05) is 82.4 Å². The molecule has 4 rings (SSSR count). The maximum atomic E-state index is 12.7. The zero-order chi connectivity index (χ0) is 19.3. The number of hydrogen-bond acceptors (Lipinski definition) is 3. The van der Waals surface area contributed by atoms with Gasteiger partial charge in [0.15, 0.2) is 0 Å². The summed E-state index contributed by atoms with van der Waals surface area (Å²) in [4.78, 5) is 14.4. The summed E-state index contributed by atoms with van der Waals surface area (Å²) in [7, 11) is 1.81. The van der Waals surface area contributed by atoms with Crippen LogP contribution in [0.3, 0.4) is 0 Å². The average Bonchev–Trinajstić information content (AvgIpc) is 3.41. The predicted molar refractivity (Wildman–Crippen MR) is 107 cm³/mol. The standard InChI is InChI=1S/C22H21N5O/c1-25(15-19-14-24-27(17-19)21-6-3-2-4-7-21)22(28)20-10-8-18(9-11-20)16-26-13-5-12-23-26/h2-14,17H,15-16H2,1H3. The van der Waals surface area contributed by atoms with Gasteiger partial charge in [-0.05, 0) is 35.9 Å². The lowest BCUT2D eigenvalue weighted by atomic mass is 10.1. The molecule has 0 aliphatic heterocycles. The molecule has 28 heavy (non-hydrogen) atoms. The lowest BCUT2D eigenvalue weighted by molar-refractivity contribution is 0.0785. The Morgan fingerprint density at radius 1 is 0.964 bits per heavy atom. The summed E-state index contributed by atoms with van der Waals surface area (Å²) in [5.74, 6) is -0.0156. The van der Waals surface area contributed by atoms with Gasteiger partial charge in [-0.2, -0.15) is 10.2 Å². The topological polar surface area (TPSA) is 56.0 Å². The number of para-hydroxylation sites is 1. The van der Waals surface area contributed by atoms with Gasteiger partial charge in [0.25, 0.3) is 5.91 Å². The summed E-state index contributed by atoms with van der Waals surface area (Å²) in [5.41, 5.74) is 3.75. The van der Waals surface area contributed by atoms with E-state index in [2.05, 4.69) is 10.2 Å². The number of aromatic nitrogens is 4. The lowest BCUT2D eigenvalue weighted by Gasteiger charge is -2.16. The molecule has 2 aromatic heterocycles. The van der Waals surface area contributed by atoms with E-state index in [1.165, 1.54) is 0 Å². The Morgan fingerprint density at radius 2 is 1.75 bits per heavy atom. The third kappa shape index (κ3) is 4.01. The summed E-state index contributed by atoms with van der Waals surface area (Å²) in [6, 6.07) is 19.5. The SMILES string of the molecule is CN(Cc1cnn(-c2ccccc2)c1)C(=O)c1ccc(Cn2cccn2)cc1. The van der Waals surface area contributed by atoms with Crippen molar-refractivity contribution in [3.05, 3.63) is 102 Å². The van der Waals surface area contributed by atoms with E-state index in [1.54, 1.807) is 24.3 Å². The fraction of sp³-hybridized carbons (Fsp3) is 0.136. The number of rotatable bonds is 6. The van der Waals surface area contributed by atoms with Crippen LogP contribution in [0, 0.1) is 0 Å². The van der Waals surface area contributed by atoms with Crippen molar-refractivity contribution < 1.29 is 4.79 Å². The molecular formula is C22H21N5O. The summed E-state index contributed by atoms with van der Waals surface area (Å²) in [5, 5.41) is 8.59. The molecule has 0 saturated heterocycles. The molecule has 0 unspecified atom stereocenters. The van der Waals surface area contributed by atoms with E-state index in [0.29, 0.717) is 18.7 Å². The smallest absolute Gasteiger partial charge is 0.253 e. The molecule has 0 aliphatic rings. The highest BCUT2D eigenvalue weighted by molar-refractivity contribution is 5.94. The third-order valence-corrected chi connectivity index (χ3v) is 4.53. The highest BCUT2D eigenvalue weighted by atomic mass is 16.2. The molecule has 4 aromatic rings. The summed E-state index contributed by atoms with van der Waals surface area (Å²) in [6.45, 7) is 1.19. The molecule has 0 atom stereocenters. The average molecular weight is 371 g/mol. The lowest BCUT2D eigenvalue weighted by Crippen LogP contribution is -2.26. The van der Waals surface area contributed by atoms with Crippen LogP contribution in [-0.4, -0.2) is 37.4 Å². The number of carbonyl (C=O) groups is 1. The predicted octanol–water partition coefficient (Wildman–Crippen LogP) is 3.39. The second-order valence-corrected chi connectivity index (χ2v) is 6.69. The first-order valence-electron chi connectivity index (χ1n) is 9.10. The van der Waals surface area contributed by atoms with Crippen LogP contribution in [0.2, 0.25) is 0 Å². The first-order valence-corrected chi connectivity index (χ1v) is 9.10. The fourth-order valence-electron chi connectivity index (χ4n) is 3.06. The molecule has 0 spiro atoms. The molecule has 0 fully saturated rings. The summed E-state index contributed by atoms with van der Waals surface area (Å²) < 4.78 is 3.67. The van der Waals surface area contributed by atoms with Gasteiger partial charge in [-0.15, -0.1) is 0 Å². The monoisotopic (exact) mass is 371 g/mol. The summed E-state index contributed by atoms with van der Waals surface area (Å²) >= 11 is 0. The van der Waals surface area contributed by atoms with E-state index >= 15 is 0 Å². The number of nitrogens with zero attached hydrogens (tertiary/aromatic N) is 5. The van der Waals surface area contributed by atoms with Crippen molar-refractivity contribution in [2.45, 2.75) is 13.1 Å². The Kier molecular flexibility index (Phi) is 5.01. The molecular weight excluding hydrogens is 350 g/mol. The number of benzene rings is 2. The highest BCUT2D eigenvalue weighted by Crippen LogP contribution is 2.12. The number of carbonyl (C=O) groups excluding carboxylic acids is 1. The Balaban J connectivity index is 1.40. The van der Waals surface area contributed by atoms with Crippen molar-refractivity contribution in [2.75, 3.05) is 7.05 Å². The Hall–Kier alpha value is -3.67. The molecule has 140 valence electrons. The molecule has 6 heteroatoms. The van der Waals surface area contributed by atoms with Crippen LogP contribution in [0.25, 0.3) is 5.69 Å². The first kappa shape index (κ1) is 17.7. The van der Waals surface area contributed by atoms with Gasteiger partial charge in [0.05, 0.1) is 18.4 Å². The van der Waals surface area contributed by atoms with Gasteiger partial charge in [0.2, 0.25) is 0 Å². The minimum Gasteiger partial charge on any atom is -0.337 e. The molecule has 0 N–H and O–H groups in total. The molecule has 0 bridgehead atoms. The fourth-order valence-corrected chi connectivity index (χ4v) is 3.06. The van der Waals surface area contributed by atoms with E-state index in [0.717, 1.165) is 16.8 Å². The van der Waals surface area contributed by atoms with E-state index in [4.69, 9.17) is 0 Å². The van der Waals surface area contributed by atoms with Crippen LogP contribution in [-0.2, 0) is 13.1 Å². The molecule has 6 nitrogen and oxygen atoms in total.